The number of hydrogen-bond donors (Lipinski definition) is 0. The molecule has 0 saturated carbocycles. The summed E-state index contributed by atoms with van der Waals surface area (Å²) in [5, 5.41) is 0.00367. The highest BCUT2D eigenvalue weighted by molar-refractivity contribution is 6.33. The highest BCUT2D eigenvalue weighted by Gasteiger charge is 2.17. The van der Waals surface area contributed by atoms with Crippen molar-refractivity contribution in [3.05, 3.63) is 65.5 Å². The summed E-state index contributed by atoms with van der Waals surface area (Å²) in [6.07, 6.45) is 1.45. The van der Waals surface area contributed by atoms with Gasteiger partial charge in [-0.15, -0.1) is 0 Å². The van der Waals surface area contributed by atoms with Crippen LogP contribution >= 0.6 is 11.6 Å². The molecule has 0 heterocycles. The molecule has 103 valence electrons. The van der Waals surface area contributed by atoms with E-state index in [1.807, 2.05) is 0 Å². The zero-order valence-electron chi connectivity index (χ0n) is 10.2. The standard InChI is InChI=1S/C15H9ClF3O/c1-2-5-20-10-7-13(18)15(14(19)8-10)11-6-9(17)3-4-12(11)16/h2-4,7-8H,1,5H2. The topological polar surface area (TPSA) is 9.23 Å². The van der Waals surface area contributed by atoms with Crippen LogP contribution in [0.3, 0.4) is 0 Å². The highest BCUT2D eigenvalue weighted by Crippen LogP contribution is 2.34. The van der Waals surface area contributed by atoms with Gasteiger partial charge >= 0.3 is 0 Å². The summed E-state index contributed by atoms with van der Waals surface area (Å²) in [5.41, 5.74) is -0.614. The first-order valence-electron chi connectivity index (χ1n) is 5.63. The van der Waals surface area contributed by atoms with Crippen LogP contribution in [0.1, 0.15) is 0 Å². The highest BCUT2D eigenvalue weighted by atomic mass is 35.5. The van der Waals surface area contributed by atoms with Crippen molar-refractivity contribution in [2.75, 3.05) is 6.61 Å². The molecule has 0 N–H and O–H groups in total. The summed E-state index contributed by atoms with van der Waals surface area (Å²) in [7, 11) is 0. The van der Waals surface area contributed by atoms with E-state index < -0.39 is 23.0 Å². The molecule has 0 atom stereocenters. The summed E-state index contributed by atoms with van der Waals surface area (Å²) < 4.78 is 46.2. The van der Waals surface area contributed by atoms with Crippen molar-refractivity contribution in [2.45, 2.75) is 0 Å². The molecule has 0 spiro atoms. The minimum atomic E-state index is -0.909. The minimum absolute atomic E-state index is 0.00367. The largest absolute Gasteiger partial charge is 0.489 e. The lowest BCUT2D eigenvalue weighted by Gasteiger charge is -2.10. The van der Waals surface area contributed by atoms with Gasteiger partial charge in [-0.2, -0.15) is 0 Å². The van der Waals surface area contributed by atoms with Crippen LogP contribution in [0, 0.1) is 23.5 Å². The van der Waals surface area contributed by atoms with E-state index in [0.717, 1.165) is 18.2 Å². The molecule has 2 rings (SSSR count). The van der Waals surface area contributed by atoms with Crippen molar-refractivity contribution < 1.29 is 17.9 Å². The third-order valence-corrected chi connectivity index (χ3v) is 2.81. The molecule has 1 radical (unpaired) electrons. The fourth-order valence-corrected chi connectivity index (χ4v) is 1.86. The van der Waals surface area contributed by atoms with E-state index in [9.17, 15) is 13.2 Å². The molecule has 0 unspecified atom stereocenters. The van der Waals surface area contributed by atoms with Crippen molar-refractivity contribution in [1.29, 1.82) is 0 Å². The minimum Gasteiger partial charge on any atom is -0.489 e. The quantitative estimate of drug-likeness (QED) is 0.737. The Labute approximate surface area is 119 Å². The Balaban J connectivity index is 2.52. The molecule has 0 amide bonds. The number of hydrogen-bond acceptors (Lipinski definition) is 1. The fourth-order valence-electron chi connectivity index (χ4n) is 1.66. The van der Waals surface area contributed by atoms with Gasteiger partial charge in [0.2, 0.25) is 0 Å². The van der Waals surface area contributed by atoms with E-state index in [1.165, 1.54) is 12.1 Å². The second-order valence-electron chi connectivity index (χ2n) is 3.89. The second-order valence-corrected chi connectivity index (χ2v) is 4.30. The van der Waals surface area contributed by atoms with Gasteiger partial charge < -0.3 is 4.74 Å². The lowest BCUT2D eigenvalue weighted by molar-refractivity contribution is 0.358. The first kappa shape index (κ1) is 14.5. The van der Waals surface area contributed by atoms with Gasteiger partial charge in [-0.25, -0.2) is 13.2 Å². The smallest absolute Gasteiger partial charge is 0.137 e. The van der Waals surface area contributed by atoms with Gasteiger partial charge in [0, 0.05) is 28.8 Å². The maximum atomic E-state index is 14.0. The van der Waals surface area contributed by atoms with Crippen molar-refractivity contribution in [3.63, 3.8) is 0 Å². The van der Waals surface area contributed by atoms with Crippen LogP contribution in [0.2, 0.25) is 5.02 Å². The molecule has 0 fully saturated rings. The number of halogens is 4. The molecule has 0 aromatic heterocycles. The Kier molecular flexibility index (Phi) is 4.35. The Morgan fingerprint density at radius 2 is 1.85 bits per heavy atom. The van der Waals surface area contributed by atoms with Gasteiger partial charge in [0.15, 0.2) is 0 Å². The van der Waals surface area contributed by atoms with Gasteiger partial charge in [-0.05, 0) is 12.1 Å². The molecule has 2 aromatic carbocycles. The molecule has 0 saturated heterocycles. The van der Waals surface area contributed by atoms with E-state index in [0.29, 0.717) is 0 Å². The molecule has 5 heteroatoms. The van der Waals surface area contributed by atoms with Crippen molar-refractivity contribution in [3.8, 4) is 16.9 Å². The average Bonchev–Trinajstić information content (AvgIpc) is 2.39. The normalized spacial score (nSPS) is 10.4. The van der Waals surface area contributed by atoms with Crippen LogP contribution in [-0.4, -0.2) is 6.61 Å². The third kappa shape index (κ3) is 2.96. The molecule has 0 aliphatic carbocycles. The van der Waals surface area contributed by atoms with Crippen molar-refractivity contribution >= 4 is 11.6 Å². The number of ether oxygens (including phenoxy) is 1. The van der Waals surface area contributed by atoms with Gasteiger partial charge in [-0.1, -0.05) is 24.3 Å². The first-order chi connectivity index (χ1) is 9.52. The molecule has 0 bridgehead atoms. The van der Waals surface area contributed by atoms with E-state index in [2.05, 4.69) is 12.6 Å². The van der Waals surface area contributed by atoms with E-state index in [1.54, 1.807) is 0 Å². The van der Waals surface area contributed by atoms with Crippen molar-refractivity contribution in [1.82, 2.24) is 0 Å². The Morgan fingerprint density at radius 1 is 1.20 bits per heavy atom. The third-order valence-electron chi connectivity index (χ3n) is 2.49. The van der Waals surface area contributed by atoms with Gasteiger partial charge in [0.25, 0.3) is 0 Å². The van der Waals surface area contributed by atoms with Gasteiger partial charge in [0.1, 0.15) is 29.8 Å². The maximum absolute atomic E-state index is 14.0. The van der Waals surface area contributed by atoms with Crippen molar-refractivity contribution in [2.24, 2.45) is 0 Å². The molecule has 2 aromatic rings. The van der Waals surface area contributed by atoms with E-state index >= 15 is 0 Å². The average molecular weight is 298 g/mol. The monoisotopic (exact) mass is 297 g/mol. The molecular formula is C15H9ClF3O. The zero-order chi connectivity index (χ0) is 14.7. The summed E-state index contributed by atoms with van der Waals surface area (Å²) in [4.78, 5) is 0. The van der Waals surface area contributed by atoms with Crippen LogP contribution in [0.5, 0.6) is 5.75 Å². The van der Waals surface area contributed by atoms with E-state index in [4.69, 9.17) is 16.3 Å². The summed E-state index contributed by atoms with van der Waals surface area (Å²) >= 11 is 5.82. The summed E-state index contributed by atoms with van der Waals surface area (Å²) in [6.45, 7) is 3.55. The van der Waals surface area contributed by atoms with Crippen LogP contribution < -0.4 is 4.74 Å². The van der Waals surface area contributed by atoms with Crippen LogP contribution in [0.15, 0.2) is 36.9 Å². The number of rotatable bonds is 4. The molecule has 20 heavy (non-hydrogen) atoms. The summed E-state index contributed by atoms with van der Waals surface area (Å²) in [6, 6.07) is 6.47. The van der Waals surface area contributed by atoms with Crippen LogP contribution in [0.4, 0.5) is 13.2 Å². The predicted octanol–water partition coefficient (Wildman–Crippen LogP) is 4.79. The number of benzene rings is 2. The molecular weight excluding hydrogens is 289 g/mol. The van der Waals surface area contributed by atoms with Gasteiger partial charge in [-0.3, -0.25) is 0 Å². The second kappa shape index (κ2) is 6.01. The Bertz CT molecular complexity index is 633. The SMILES string of the molecule is C=CCOc1cc(F)c(-c2[c]c(F)ccc2Cl)c(F)c1. The Hall–Kier alpha value is -1.94. The first-order valence-corrected chi connectivity index (χ1v) is 6.01. The lowest BCUT2D eigenvalue weighted by atomic mass is 10.0. The maximum Gasteiger partial charge on any atom is 0.137 e. The van der Waals surface area contributed by atoms with Gasteiger partial charge in [0.05, 0.1) is 5.56 Å². The zero-order valence-corrected chi connectivity index (χ0v) is 11.0. The van der Waals surface area contributed by atoms with Crippen LogP contribution in [0.25, 0.3) is 11.1 Å². The molecule has 1 nitrogen and oxygen atoms in total. The van der Waals surface area contributed by atoms with Crippen LogP contribution in [-0.2, 0) is 0 Å². The fraction of sp³-hybridized carbons (Fsp3) is 0.0667. The van der Waals surface area contributed by atoms with E-state index in [-0.39, 0.29) is 22.9 Å². The molecule has 0 aliphatic rings. The Morgan fingerprint density at radius 3 is 2.45 bits per heavy atom. The predicted molar refractivity (Wildman–Crippen MR) is 71.3 cm³/mol. The molecule has 0 aliphatic heterocycles. The summed E-state index contributed by atoms with van der Waals surface area (Å²) in [5.74, 6) is -2.56. The lowest BCUT2D eigenvalue weighted by Crippen LogP contribution is -1.98.